The van der Waals surface area contributed by atoms with Crippen LogP contribution in [0.2, 0.25) is 0 Å². The van der Waals surface area contributed by atoms with E-state index in [-0.39, 0.29) is 17.9 Å². The highest BCUT2D eigenvalue weighted by atomic mass is 19.4. The number of nitrogens with zero attached hydrogens (tertiary/aromatic N) is 1. The van der Waals surface area contributed by atoms with Gasteiger partial charge in [0, 0.05) is 44.6 Å². The lowest BCUT2D eigenvalue weighted by Crippen LogP contribution is -2.44. The first-order valence-corrected chi connectivity index (χ1v) is 10.5. The van der Waals surface area contributed by atoms with Crippen molar-refractivity contribution in [3.8, 4) is 0 Å². The predicted molar refractivity (Wildman–Crippen MR) is 115 cm³/mol. The van der Waals surface area contributed by atoms with Crippen LogP contribution in [-0.2, 0) is 25.6 Å². The maximum atomic E-state index is 11.8. The number of amides is 1. The minimum absolute atomic E-state index is 0.0218. The van der Waals surface area contributed by atoms with Gasteiger partial charge in [-0.1, -0.05) is 42.5 Å². The van der Waals surface area contributed by atoms with Crippen molar-refractivity contribution < 1.29 is 37.3 Å². The number of halogens is 3. The maximum absolute atomic E-state index is 11.8. The highest BCUT2D eigenvalue weighted by Crippen LogP contribution is 2.41. The van der Waals surface area contributed by atoms with Crippen molar-refractivity contribution in [2.24, 2.45) is 11.3 Å². The van der Waals surface area contributed by atoms with Crippen molar-refractivity contribution in [1.82, 2.24) is 10.2 Å². The van der Waals surface area contributed by atoms with E-state index >= 15 is 0 Å². The molecule has 2 aliphatic heterocycles. The SMILES string of the molecule is COCC(=O)NC[C@]12COC[C@H]1CN(Cc1cccc3ccccc13)C2.O=C(O)C(F)(F)F. The quantitative estimate of drug-likeness (QED) is 0.678. The summed E-state index contributed by atoms with van der Waals surface area (Å²) >= 11 is 0. The highest BCUT2D eigenvalue weighted by Gasteiger charge is 2.50. The van der Waals surface area contributed by atoms with E-state index in [1.165, 1.54) is 16.3 Å². The Bertz CT molecular complexity index is 979. The van der Waals surface area contributed by atoms with Crippen LogP contribution < -0.4 is 5.32 Å². The van der Waals surface area contributed by atoms with E-state index in [0.717, 1.165) is 32.8 Å². The summed E-state index contributed by atoms with van der Waals surface area (Å²) in [6.45, 7) is 5.18. The van der Waals surface area contributed by atoms with Crippen LogP contribution in [0.25, 0.3) is 10.8 Å². The first-order chi connectivity index (χ1) is 15.6. The van der Waals surface area contributed by atoms with Gasteiger partial charge in [0.05, 0.1) is 13.2 Å². The Morgan fingerprint density at radius 3 is 2.64 bits per heavy atom. The van der Waals surface area contributed by atoms with Crippen LogP contribution in [0.3, 0.4) is 0 Å². The molecule has 2 aromatic carbocycles. The van der Waals surface area contributed by atoms with Crippen molar-refractivity contribution in [3.63, 3.8) is 0 Å². The number of nitrogens with one attached hydrogen (secondary N) is 1. The molecule has 0 saturated carbocycles. The number of alkyl halides is 3. The van der Waals surface area contributed by atoms with Crippen molar-refractivity contribution in [3.05, 3.63) is 48.0 Å². The number of carbonyl (C=O) groups is 2. The van der Waals surface area contributed by atoms with E-state index in [1.54, 1.807) is 7.11 Å². The molecule has 0 bridgehead atoms. The highest BCUT2D eigenvalue weighted by molar-refractivity contribution is 5.85. The number of rotatable bonds is 6. The van der Waals surface area contributed by atoms with E-state index in [4.69, 9.17) is 19.4 Å². The molecule has 0 aliphatic carbocycles. The summed E-state index contributed by atoms with van der Waals surface area (Å²) in [5, 5.41) is 12.8. The van der Waals surface area contributed by atoms with Gasteiger partial charge < -0.3 is 19.9 Å². The number of hydrogen-bond acceptors (Lipinski definition) is 5. The molecule has 0 radical (unpaired) electrons. The second-order valence-electron chi connectivity index (χ2n) is 8.39. The van der Waals surface area contributed by atoms with Crippen molar-refractivity contribution in [2.75, 3.05) is 46.6 Å². The second-order valence-corrected chi connectivity index (χ2v) is 8.39. The summed E-state index contributed by atoms with van der Waals surface area (Å²) in [4.78, 5) is 23.2. The Morgan fingerprint density at radius 2 is 1.94 bits per heavy atom. The van der Waals surface area contributed by atoms with Gasteiger partial charge in [-0.2, -0.15) is 13.2 Å². The standard InChI is InChI=1S/C21H26N2O3.C2HF3O2/c1-25-12-20(24)22-13-21-14-23(10-18(21)11-26-15-21)9-17-7-4-6-16-5-2-3-8-19(16)17;3-2(4,5)1(6)7/h2-8,18H,9-15H2,1H3,(H,22,24);(H,6,7)/t18-,21+;/m1./s1. The maximum Gasteiger partial charge on any atom is 0.490 e. The molecular weight excluding hydrogens is 441 g/mol. The first-order valence-electron chi connectivity index (χ1n) is 10.5. The first kappa shape index (κ1) is 24.9. The van der Waals surface area contributed by atoms with Crippen molar-refractivity contribution in [2.45, 2.75) is 12.7 Å². The number of fused-ring (bicyclic) bond motifs is 2. The summed E-state index contributed by atoms with van der Waals surface area (Å²) in [6, 6.07) is 15.1. The minimum atomic E-state index is -5.08. The summed E-state index contributed by atoms with van der Waals surface area (Å²) in [6.07, 6.45) is -5.08. The number of hydrogen-bond donors (Lipinski definition) is 2. The van der Waals surface area contributed by atoms with Crippen molar-refractivity contribution >= 4 is 22.6 Å². The Kier molecular flexibility index (Phi) is 7.93. The number of methoxy groups -OCH3 is 1. The van der Waals surface area contributed by atoms with E-state index in [2.05, 4.69) is 52.7 Å². The minimum Gasteiger partial charge on any atom is -0.475 e. The number of carboxylic acids is 1. The zero-order chi connectivity index (χ0) is 24.1. The largest absolute Gasteiger partial charge is 0.490 e. The molecule has 0 spiro atoms. The zero-order valence-electron chi connectivity index (χ0n) is 18.2. The van der Waals surface area contributed by atoms with Gasteiger partial charge in [0.25, 0.3) is 0 Å². The van der Waals surface area contributed by atoms with E-state index in [0.29, 0.717) is 12.5 Å². The Labute approximate surface area is 189 Å². The van der Waals surface area contributed by atoms with Crippen LogP contribution in [0.15, 0.2) is 42.5 Å². The number of aliphatic carboxylic acids is 1. The summed E-state index contributed by atoms with van der Waals surface area (Å²) in [7, 11) is 1.54. The molecule has 33 heavy (non-hydrogen) atoms. The number of carbonyl (C=O) groups excluding carboxylic acids is 1. The third kappa shape index (κ3) is 6.21. The zero-order valence-corrected chi connectivity index (χ0v) is 18.2. The van der Waals surface area contributed by atoms with Crippen LogP contribution >= 0.6 is 0 Å². The Hall–Kier alpha value is -2.69. The molecule has 2 N–H and O–H groups in total. The predicted octanol–water partition coefficient (Wildman–Crippen LogP) is 2.68. The third-order valence-corrected chi connectivity index (χ3v) is 6.02. The lowest BCUT2D eigenvalue weighted by Gasteiger charge is -2.27. The lowest BCUT2D eigenvalue weighted by molar-refractivity contribution is -0.192. The van der Waals surface area contributed by atoms with Gasteiger partial charge in [-0.3, -0.25) is 9.69 Å². The number of carboxylic acid groups (broad SMARTS) is 1. The molecule has 2 heterocycles. The summed E-state index contributed by atoms with van der Waals surface area (Å²) in [5.74, 6) is -2.34. The molecule has 4 rings (SSSR count). The number of ether oxygens (including phenoxy) is 2. The van der Waals surface area contributed by atoms with Gasteiger partial charge in [0.15, 0.2) is 0 Å². The van der Waals surface area contributed by atoms with Crippen LogP contribution in [-0.4, -0.2) is 74.6 Å². The Morgan fingerprint density at radius 1 is 1.24 bits per heavy atom. The molecule has 7 nitrogen and oxygen atoms in total. The molecular formula is C23H27F3N2O5. The van der Waals surface area contributed by atoms with Gasteiger partial charge in [0.1, 0.15) is 6.61 Å². The molecule has 2 saturated heterocycles. The molecule has 2 fully saturated rings. The topological polar surface area (TPSA) is 88.1 Å². The van der Waals surface area contributed by atoms with Crippen LogP contribution in [0.4, 0.5) is 13.2 Å². The molecule has 2 aliphatic rings. The van der Waals surface area contributed by atoms with Crippen LogP contribution in [0, 0.1) is 11.3 Å². The van der Waals surface area contributed by atoms with E-state index in [1.807, 2.05) is 0 Å². The molecule has 180 valence electrons. The van der Waals surface area contributed by atoms with Gasteiger partial charge in [-0.15, -0.1) is 0 Å². The fourth-order valence-corrected chi connectivity index (χ4v) is 4.44. The fraction of sp³-hybridized carbons (Fsp3) is 0.478. The fourth-order valence-electron chi connectivity index (χ4n) is 4.44. The number of benzene rings is 2. The van der Waals surface area contributed by atoms with Crippen LogP contribution in [0.1, 0.15) is 5.56 Å². The van der Waals surface area contributed by atoms with Gasteiger partial charge >= 0.3 is 12.1 Å². The molecule has 1 amide bonds. The summed E-state index contributed by atoms with van der Waals surface area (Å²) < 4.78 is 42.4. The molecule has 0 aromatic heterocycles. The summed E-state index contributed by atoms with van der Waals surface area (Å²) in [5.41, 5.74) is 1.39. The van der Waals surface area contributed by atoms with E-state index < -0.39 is 12.1 Å². The van der Waals surface area contributed by atoms with Crippen LogP contribution in [0.5, 0.6) is 0 Å². The van der Waals surface area contributed by atoms with Crippen molar-refractivity contribution in [1.29, 1.82) is 0 Å². The van der Waals surface area contributed by atoms with Gasteiger partial charge in [-0.25, -0.2) is 4.79 Å². The van der Waals surface area contributed by atoms with Gasteiger partial charge in [-0.05, 0) is 16.3 Å². The monoisotopic (exact) mass is 468 g/mol. The molecule has 10 heteroatoms. The second kappa shape index (κ2) is 10.5. The average molecular weight is 468 g/mol. The third-order valence-electron chi connectivity index (χ3n) is 6.02. The van der Waals surface area contributed by atoms with E-state index in [9.17, 15) is 18.0 Å². The normalized spacial score (nSPS) is 22.5. The smallest absolute Gasteiger partial charge is 0.475 e. The number of likely N-dealkylation sites (tertiary alicyclic amines) is 1. The molecule has 2 aromatic rings. The average Bonchev–Trinajstić information content (AvgIpc) is 3.29. The van der Waals surface area contributed by atoms with Gasteiger partial charge in [0.2, 0.25) is 5.91 Å². The molecule has 0 unspecified atom stereocenters. The lowest BCUT2D eigenvalue weighted by atomic mass is 9.81. The Balaban J connectivity index is 0.000000383. The molecule has 2 atom stereocenters.